The first-order chi connectivity index (χ1) is 13.6. The minimum absolute atomic E-state index is 0.0554. The van der Waals surface area contributed by atoms with Crippen LogP contribution >= 0.6 is 0 Å². The minimum Gasteiger partial charge on any atom is -0.481 e. The predicted molar refractivity (Wildman–Crippen MR) is 103 cm³/mol. The summed E-state index contributed by atoms with van der Waals surface area (Å²) in [5.41, 5.74) is 12.8. The first-order valence-corrected chi connectivity index (χ1v) is 8.94. The molecular formula is C20H20N4O4. The number of carboxylic acid groups (broad SMARTS) is 1. The third-order valence-electron chi connectivity index (χ3n) is 4.83. The number of amides is 1. The SMILES string of the molecule is [N-]=[N+]=NCC[C@@H](CNC(=O)OCC1c2ccccc2-c2ccccc21)C(=O)O. The van der Waals surface area contributed by atoms with Crippen LogP contribution in [0.25, 0.3) is 21.6 Å². The molecule has 8 nitrogen and oxygen atoms in total. The van der Waals surface area contributed by atoms with Gasteiger partial charge in [-0.2, -0.15) is 0 Å². The number of alkyl carbamates (subject to hydrolysis) is 1. The molecule has 2 aromatic carbocycles. The second kappa shape index (κ2) is 8.92. The van der Waals surface area contributed by atoms with E-state index in [2.05, 4.69) is 27.5 Å². The smallest absolute Gasteiger partial charge is 0.407 e. The molecule has 0 saturated carbocycles. The lowest BCUT2D eigenvalue weighted by Crippen LogP contribution is -2.34. The molecule has 2 N–H and O–H groups in total. The zero-order chi connectivity index (χ0) is 19.9. The van der Waals surface area contributed by atoms with E-state index >= 15 is 0 Å². The van der Waals surface area contributed by atoms with Crippen molar-refractivity contribution in [2.45, 2.75) is 12.3 Å². The molecule has 144 valence electrons. The average Bonchev–Trinajstić information content (AvgIpc) is 3.02. The maximum absolute atomic E-state index is 12.1. The number of carbonyl (C=O) groups is 2. The van der Waals surface area contributed by atoms with Crippen LogP contribution in [0.3, 0.4) is 0 Å². The number of ether oxygens (including phenoxy) is 1. The standard InChI is InChI=1S/C20H20N4O4/c21-24-23-10-9-13(19(25)26)11-22-20(27)28-12-18-16-7-3-1-5-14(16)15-6-2-4-8-17(15)18/h1-8,13,18H,9-12H2,(H,22,27)(H,25,26)/t13-/m0/s1. The quantitative estimate of drug-likeness (QED) is 0.409. The highest BCUT2D eigenvalue weighted by Crippen LogP contribution is 2.44. The van der Waals surface area contributed by atoms with Crippen LogP contribution in [0, 0.1) is 5.92 Å². The molecular weight excluding hydrogens is 360 g/mol. The number of benzene rings is 2. The van der Waals surface area contributed by atoms with E-state index in [0.29, 0.717) is 0 Å². The van der Waals surface area contributed by atoms with Crippen LogP contribution in [0.2, 0.25) is 0 Å². The molecule has 0 unspecified atom stereocenters. The number of nitrogens with zero attached hydrogens (tertiary/aromatic N) is 3. The van der Waals surface area contributed by atoms with Crippen LogP contribution in [0.4, 0.5) is 4.79 Å². The lowest BCUT2D eigenvalue weighted by Gasteiger charge is -2.16. The average molecular weight is 380 g/mol. The van der Waals surface area contributed by atoms with Gasteiger partial charge in [0.05, 0.1) is 5.92 Å². The van der Waals surface area contributed by atoms with E-state index in [1.54, 1.807) is 0 Å². The number of fused-ring (bicyclic) bond motifs is 3. The van der Waals surface area contributed by atoms with Gasteiger partial charge in [0.15, 0.2) is 0 Å². The summed E-state index contributed by atoms with van der Waals surface area (Å²) in [7, 11) is 0. The molecule has 0 saturated heterocycles. The van der Waals surface area contributed by atoms with Crippen molar-refractivity contribution in [3.05, 3.63) is 70.1 Å². The van der Waals surface area contributed by atoms with Gasteiger partial charge >= 0.3 is 12.1 Å². The van der Waals surface area contributed by atoms with Crippen molar-refractivity contribution in [3.63, 3.8) is 0 Å². The van der Waals surface area contributed by atoms with Gasteiger partial charge in [-0.05, 0) is 34.2 Å². The molecule has 0 radical (unpaired) electrons. The lowest BCUT2D eigenvalue weighted by atomic mass is 9.98. The molecule has 0 aromatic heterocycles. The summed E-state index contributed by atoms with van der Waals surface area (Å²) in [5, 5.41) is 15.0. The van der Waals surface area contributed by atoms with Gasteiger partial charge in [-0.15, -0.1) is 0 Å². The second-order valence-electron chi connectivity index (χ2n) is 6.48. The molecule has 28 heavy (non-hydrogen) atoms. The number of aliphatic carboxylic acids is 1. The Labute approximate surface area is 161 Å². The molecule has 0 bridgehead atoms. The number of hydrogen-bond donors (Lipinski definition) is 2. The van der Waals surface area contributed by atoms with E-state index in [-0.39, 0.29) is 32.0 Å². The lowest BCUT2D eigenvalue weighted by molar-refractivity contribution is -0.141. The fourth-order valence-corrected chi connectivity index (χ4v) is 3.43. The largest absolute Gasteiger partial charge is 0.481 e. The molecule has 0 aliphatic heterocycles. The highest BCUT2D eigenvalue weighted by Gasteiger charge is 2.29. The predicted octanol–water partition coefficient (Wildman–Crippen LogP) is 3.93. The third-order valence-corrected chi connectivity index (χ3v) is 4.83. The van der Waals surface area contributed by atoms with E-state index in [1.165, 1.54) is 0 Å². The van der Waals surface area contributed by atoms with Crippen molar-refractivity contribution < 1.29 is 19.4 Å². The molecule has 3 rings (SSSR count). The first-order valence-electron chi connectivity index (χ1n) is 8.94. The van der Waals surface area contributed by atoms with Crippen molar-refractivity contribution >= 4 is 12.1 Å². The molecule has 1 atom stereocenters. The van der Waals surface area contributed by atoms with Gasteiger partial charge in [0.2, 0.25) is 0 Å². The van der Waals surface area contributed by atoms with Gasteiger partial charge in [0, 0.05) is 23.9 Å². The van der Waals surface area contributed by atoms with Crippen molar-refractivity contribution in [1.82, 2.24) is 5.32 Å². The summed E-state index contributed by atoms with van der Waals surface area (Å²) in [6.45, 7) is 0.128. The van der Waals surface area contributed by atoms with E-state index in [9.17, 15) is 14.7 Å². The minimum atomic E-state index is -1.06. The van der Waals surface area contributed by atoms with E-state index in [0.717, 1.165) is 22.3 Å². The summed E-state index contributed by atoms with van der Waals surface area (Å²) in [4.78, 5) is 25.9. The van der Waals surface area contributed by atoms with Crippen LogP contribution in [0.5, 0.6) is 0 Å². The molecule has 1 aliphatic carbocycles. The Bertz CT molecular complexity index is 878. The Morgan fingerprint density at radius 3 is 2.32 bits per heavy atom. The zero-order valence-electron chi connectivity index (χ0n) is 15.1. The fourth-order valence-electron chi connectivity index (χ4n) is 3.43. The Kier molecular flexibility index (Phi) is 6.14. The van der Waals surface area contributed by atoms with Crippen LogP contribution in [-0.4, -0.2) is 36.9 Å². The second-order valence-corrected chi connectivity index (χ2v) is 6.48. The Hall–Kier alpha value is -3.51. The summed E-state index contributed by atoms with van der Waals surface area (Å²) in [5.74, 6) is -1.96. The van der Waals surface area contributed by atoms with Crippen LogP contribution < -0.4 is 5.32 Å². The Balaban J connectivity index is 1.59. The molecule has 1 amide bonds. The van der Waals surface area contributed by atoms with Gasteiger partial charge in [-0.3, -0.25) is 4.79 Å². The zero-order valence-corrected chi connectivity index (χ0v) is 15.1. The van der Waals surface area contributed by atoms with Gasteiger partial charge in [-0.1, -0.05) is 53.6 Å². The Morgan fingerprint density at radius 1 is 1.14 bits per heavy atom. The monoisotopic (exact) mass is 380 g/mol. The maximum atomic E-state index is 12.1. The number of azide groups is 1. The topological polar surface area (TPSA) is 124 Å². The number of carbonyl (C=O) groups excluding carboxylic acids is 1. The summed E-state index contributed by atoms with van der Waals surface area (Å²) in [6.07, 6.45) is -0.528. The van der Waals surface area contributed by atoms with Crippen molar-refractivity contribution in [1.29, 1.82) is 0 Å². The van der Waals surface area contributed by atoms with Crippen molar-refractivity contribution in [3.8, 4) is 11.1 Å². The number of rotatable bonds is 8. The summed E-state index contributed by atoms with van der Waals surface area (Å²) < 4.78 is 5.37. The van der Waals surface area contributed by atoms with Crippen molar-refractivity contribution in [2.75, 3.05) is 19.7 Å². The molecule has 1 aliphatic rings. The van der Waals surface area contributed by atoms with Gasteiger partial charge in [0.25, 0.3) is 0 Å². The van der Waals surface area contributed by atoms with Crippen molar-refractivity contribution in [2.24, 2.45) is 11.0 Å². The highest BCUT2D eigenvalue weighted by molar-refractivity contribution is 5.79. The molecule has 0 fully saturated rings. The normalized spacial score (nSPS) is 13.0. The van der Waals surface area contributed by atoms with E-state index < -0.39 is 18.0 Å². The van der Waals surface area contributed by atoms with Gasteiger partial charge < -0.3 is 15.2 Å². The number of hydrogen-bond acceptors (Lipinski definition) is 4. The van der Waals surface area contributed by atoms with Crippen LogP contribution in [0.15, 0.2) is 53.6 Å². The van der Waals surface area contributed by atoms with E-state index in [4.69, 9.17) is 10.3 Å². The Morgan fingerprint density at radius 2 is 1.75 bits per heavy atom. The van der Waals surface area contributed by atoms with Gasteiger partial charge in [0.1, 0.15) is 6.61 Å². The third kappa shape index (κ3) is 4.24. The van der Waals surface area contributed by atoms with Gasteiger partial charge in [-0.25, -0.2) is 4.79 Å². The fraction of sp³-hybridized carbons (Fsp3) is 0.300. The molecule has 2 aromatic rings. The summed E-state index contributed by atoms with van der Waals surface area (Å²) in [6, 6.07) is 16.0. The maximum Gasteiger partial charge on any atom is 0.407 e. The first kappa shape index (κ1) is 19.3. The molecule has 0 spiro atoms. The van der Waals surface area contributed by atoms with E-state index in [1.807, 2.05) is 36.4 Å². The van der Waals surface area contributed by atoms with Crippen LogP contribution in [-0.2, 0) is 9.53 Å². The number of carboxylic acids is 1. The molecule has 8 heteroatoms. The molecule has 0 heterocycles. The number of nitrogens with one attached hydrogen (secondary N) is 1. The highest BCUT2D eigenvalue weighted by atomic mass is 16.5. The summed E-state index contributed by atoms with van der Waals surface area (Å²) >= 11 is 0. The van der Waals surface area contributed by atoms with Crippen LogP contribution in [0.1, 0.15) is 23.5 Å².